The second-order valence-electron chi connectivity index (χ2n) is 4.10. The molecule has 0 aliphatic heterocycles. The summed E-state index contributed by atoms with van der Waals surface area (Å²) < 4.78 is 27.4. The number of rotatable bonds is 6. The zero-order chi connectivity index (χ0) is 12.9. The fourth-order valence-electron chi connectivity index (χ4n) is 1.34. The van der Waals surface area contributed by atoms with E-state index < -0.39 is 9.84 Å². The lowest BCUT2D eigenvalue weighted by atomic mass is 10.2. The third kappa shape index (κ3) is 4.70. The van der Waals surface area contributed by atoms with E-state index in [4.69, 9.17) is 4.74 Å². The Kier molecular flexibility index (Phi) is 4.89. The molecular formula is C11H18N2O3S. The molecule has 1 atom stereocenters. The first-order valence-electron chi connectivity index (χ1n) is 5.32. The smallest absolute Gasteiger partial charge is 0.192 e. The van der Waals surface area contributed by atoms with E-state index in [0.29, 0.717) is 12.5 Å². The fourth-order valence-corrected chi connectivity index (χ4v) is 1.90. The number of nitrogens with one attached hydrogen (secondary N) is 1. The van der Waals surface area contributed by atoms with E-state index in [1.165, 1.54) is 12.3 Å². The molecule has 0 spiro atoms. The SMILES string of the molecule is COCC(C)CNc1ccc(S(C)(=O)=O)nc1. The van der Waals surface area contributed by atoms with Gasteiger partial charge in [0.15, 0.2) is 14.9 Å². The van der Waals surface area contributed by atoms with E-state index in [1.807, 2.05) is 0 Å². The van der Waals surface area contributed by atoms with Gasteiger partial charge >= 0.3 is 0 Å². The van der Waals surface area contributed by atoms with Crippen molar-refractivity contribution in [2.45, 2.75) is 11.9 Å². The number of pyridine rings is 1. The van der Waals surface area contributed by atoms with Crippen molar-refractivity contribution in [3.63, 3.8) is 0 Å². The quantitative estimate of drug-likeness (QED) is 0.830. The van der Waals surface area contributed by atoms with E-state index in [-0.39, 0.29) is 5.03 Å². The second-order valence-corrected chi connectivity index (χ2v) is 6.06. The molecule has 0 radical (unpaired) electrons. The average Bonchev–Trinajstić information content (AvgIpc) is 2.26. The lowest BCUT2D eigenvalue weighted by Gasteiger charge is -2.12. The molecular weight excluding hydrogens is 240 g/mol. The highest BCUT2D eigenvalue weighted by atomic mass is 32.2. The summed E-state index contributed by atoms with van der Waals surface area (Å²) in [5, 5.41) is 3.26. The molecule has 0 aliphatic carbocycles. The Labute approximate surface area is 102 Å². The van der Waals surface area contributed by atoms with Gasteiger partial charge in [0.1, 0.15) is 0 Å². The second kappa shape index (κ2) is 5.97. The van der Waals surface area contributed by atoms with Crippen molar-refractivity contribution in [2.24, 2.45) is 5.92 Å². The number of ether oxygens (including phenoxy) is 1. The molecule has 0 fully saturated rings. The van der Waals surface area contributed by atoms with Gasteiger partial charge < -0.3 is 10.1 Å². The van der Waals surface area contributed by atoms with Crippen molar-refractivity contribution in [3.05, 3.63) is 18.3 Å². The molecule has 1 unspecified atom stereocenters. The summed E-state index contributed by atoms with van der Waals surface area (Å²) >= 11 is 0. The van der Waals surface area contributed by atoms with Crippen LogP contribution in [0.15, 0.2) is 23.4 Å². The van der Waals surface area contributed by atoms with Gasteiger partial charge in [0, 0.05) is 19.9 Å². The minimum atomic E-state index is -3.22. The normalized spacial score (nSPS) is 13.4. The van der Waals surface area contributed by atoms with E-state index in [9.17, 15) is 8.42 Å². The van der Waals surface area contributed by atoms with Gasteiger partial charge in [0.2, 0.25) is 0 Å². The van der Waals surface area contributed by atoms with Gasteiger partial charge in [-0.3, -0.25) is 0 Å². The molecule has 1 N–H and O–H groups in total. The predicted octanol–water partition coefficient (Wildman–Crippen LogP) is 1.18. The summed E-state index contributed by atoms with van der Waals surface area (Å²) in [4.78, 5) is 3.89. The van der Waals surface area contributed by atoms with E-state index in [1.54, 1.807) is 13.2 Å². The third-order valence-corrected chi connectivity index (χ3v) is 3.22. The molecule has 17 heavy (non-hydrogen) atoms. The van der Waals surface area contributed by atoms with Crippen LogP contribution in [-0.2, 0) is 14.6 Å². The summed E-state index contributed by atoms with van der Waals surface area (Å²) in [5.41, 5.74) is 0.806. The highest BCUT2D eigenvalue weighted by molar-refractivity contribution is 7.90. The van der Waals surface area contributed by atoms with Gasteiger partial charge in [-0.05, 0) is 18.1 Å². The van der Waals surface area contributed by atoms with Crippen LogP contribution in [0, 0.1) is 5.92 Å². The lowest BCUT2D eigenvalue weighted by Crippen LogP contribution is -2.16. The van der Waals surface area contributed by atoms with Crippen molar-refractivity contribution in [1.29, 1.82) is 0 Å². The number of hydrogen-bond acceptors (Lipinski definition) is 5. The molecule has 0 saturated carbocycles. The van der Waals surface area contributed by atoms with Crippen molar-refractivity contribution >= 4 is 15.5 Å². The average molecular weight is 258 g/mol. The molecule has 0 aliphatic rings. The van der Waals surface area contributed by atoms with Crippen LogP contribution in [-0.4, -0.2) is 39.9 Å². The Morgan fingerprint density at radius 2 is 2.18 bits per heavy atom. The van der Waals surface area contributed by atoms with Crippen molar-refractivity contribution in [1.82, 2.24) is 4.98 Å². The summed E-state index contributed by atoms with van der Waals surface area (Å²) in [6.45, 7) is 3.50. The van der Waals surface area contributed by atoms with Crippen molar-refractivity contribution < 1.29 is 13.2 Å². The zero-order valence-corrected chi connectivity index (χ0v) is 11.1. The highest BCUT2D eigenvalue weighted by Gasteiger charge is 2.08. The van der Waals surface area contributed by atoms with E-state index in [0.717, 1.165) is 18.5 Å². The number of methoxy groups -OCH3 is 1. The van der Waals surface area contributed by atoms with Crippen molar-refractivity contribution in [2.75, 3.05) is 31.8 Å². The summed E-state index contributed by atoms with van der Waals surface area (Å²) in [5.74, 6) is 0.384. The molecule has 1 aromatic heterocycles. The Morgan fingerprint density at radius 3 is 2.65 bits per heavy atom. The van der Waals surface area contributed by atoms with Crippen LogP contribution in [0.4, 0.5) is 5.69 Å². The molecule has 1 rings (SSSR count). The first-order valence-corrected chi connectivity index (χ1v) is 7.21. The summed E-state index contributed by atoms with van der Waals surface area (Å²) in [7, 11) is -1.55. The van der Waals surface area contributed by atoms with Crippen LogP contribution in [0.1, 0.15) is 6.92 Å². The van der Waals surface area contributed by atoms with Crippen LogP contribution in [0.3, 0.4) is 0 Å². The maximum absolute atomic E-state index is 11.2. The monoisotopic (exact) mass is 258 g/mol. The van der Waals surface area contributed by atoms with Crippen molar-refractivity contribution in [3.8, 4) is 0 Å². The Balaban J connectivity index is 2.57. The molecule has 6 heteroatoms. The molecule has 1 heterocycles. The van der Waals surface area contributed by atoms with Crippen LogP contribution in [0.5, 0.6) is 0 Å². The Hall–Kier alpha value is -1.14. The first-order chi connectivity index (χ1) is 7.93. The largest absolute Gasteiger partial charge is 0.384 e. The maximum atomic E-state index is 11.2. The lowest BCUT2D eigenvalue weighted by molar-refractivity contribution is 0.164. The predicted molar refractivity (Wildman–Crippen MR) is 66.9 cm³/mol. The van der Waals surface area contributed by atoms with Gasteiger partial charge in [-0.2, -0.15) is 0 Å². The maximum Gasteiger partial charge on any atom is 0.192 e. The van der Waals surface area contributed by atoms with Gasteiger partial charge in [0.05, 0.1) is 18.5 Å². The van der Waals surface area contributed by atoms with E-state index >= 15 is 0 Å². The van der Waals surface area contributed by atoms with Crippen LogP contribution in [0.2, 0.25) is 0 Å². The zero-order valence-electron chi connectivity index (χ0n) is 10.3. The van der Waals surface area contributed by atoms with Crippen LogP contribution >= 0.6 is 0 Å². The molecule has 0 bridgehead atoms. The summed E-state index contributed by atoms with van der Waals surface area (Å²) in [6.07, 6.45) is 2.67. The first kappa shape index (κ1) is 13.9. The van der Waals surface area contributed by atoms with Gasteiger partial charge in [-0.1, -0.05) is 6.92 Å². The molecule has 0 aromatic carbocycles. The fraction of sp³-hybridized carbons (Fsp3) is 0.545. The van der Waals surface area contributed by atoms with Gasteiger partial charge in [0.25, 0.3) is 0 Å². The Morgan fingerprint density at radius 1 is 1.47 bits per heavy atom. The Bertz CT molecular complexity index is 442. The third-order valence-electron chi connectivity index (χ3n) is 2.22. The standard InChI is InChI=1S/C11H18N2O3S/c1-9(8-16-2)6-12-10-4-5-11(13-7-10)17(3,14)15/h4-5,7,9,12H,6,8H2,1-3H3. The minimum absolute atomic E-state index is 0.0907. The topological polar surface area (TPSA) is 68.3 Å². The number of nitrogens with zero attached hydrogens (tertiary/aromatic N) is 1. The number of anilines is 1. The number of sulfone groups is 1. The number of hydrogen-bond donors (Lipinski definition) is 1. The number of aromatic nitrogens is 1. The molecule has 1 aromatic rings. The van der Waals surface area contributed by atoms with E-state index in [2.05, 4.69) is 17.2 Å². The van der Waals surface area contributed by atoms with Crippen LogP contribution in [0.25, 0.3) is 0 Å². The van der Waals surface area contributed by atoms with Gasteiger partial charge in [-0.25, -0.2) is 13.4 Å². The highest BCUT2D eigenvalue weighted by Crippen LogP contribution is 2.10. The molecule has 0 amide bonds. The molecule has 0 saturated heterocycles. The summed E-state index contributed by atoms with van der Waals surface area (Å²) in [6, 6.07) is 3.21. The minimum Gasteiger partial charge on any atom is -0.384 e. The molecule has 5 nitrogen and oxygen atoms in total. The van der Waals surface area contributed by atoms with Gasteiger partial charge in [-0.15, -0.1) is 0 Å². The van der Waals surface area contributed by atoms with Crippen LogP contribution < -0.4 is 5.32 Å². The molecule has 96 valence electrons.